The Kier molecular flexibility index (Phi) is 7.61. The molecule has 0 saturated carbocycles. The number of aromatic nitrogens is 2. The fourth-order valence-corrected chi connectivity index (χ4v) is 3.34. The van der Waals surface area contributed by atoms with Gasteiger partial charge in [-0.15, -0.1) is 11.3 Å². The topological polar surface area (TPSA) is 77.2 Å². The molecule has 0 saturated heterocycles. The summed E-state index contributed by atoms with van der Waals surface area (Å²) in [4.78, 5) is 17.3. The van der Waals surface area contributed by atoms with Crippen LogP contribution in [0.4, 0.5) is 0 Å². The molecule has 0 aliphatic heterocycles. The standard InChI is InChI=1S/C21H25N3O3S/c1-2-16-9-11-17(12-10-16)26-15-19(25)22-13-5-3-4-8-20-23-21(24-27-20)18-7-6-14-28-18/h6-7,9-12,14H,2-5,8,13,15H2,1H3,(H,22,25). The molecule has 148 valence electrons. The van der Waals surface area contributed by atoms with Crippen LogP contribution < -0.4 is 10.1 Å². The summed E-state index contributed by atoms with van der Waals surface area (Å²) in [6.45, 7) is 2.79. The number of hydrogen-bond acceptors (Lipinski definition) is 6. The van der Waals surface area contributed by atoms with E-state index >= 15 is 0 Å². The van der Waals surface area contributed by atoms with Crippen LogP contribution in [0.15, 0.2) is 46.3 Å². The Hall–Kier alpha value is -2.67. The minimum atomic E-state index is -0.0999. The lowest BCUT2D eigenvalue weighted by atomic mass is 10.2. The molecule has 3 rings (SSSR count). The van der Waals surface area contributed by atoms with Gasteiger partial charge in [-0.05, 0) is 48.4 Å². The zero-order chi connectivity index (χ0) is 19.6. The number of unbranched alkanes of at least 4 members (excludes halogenated alkanes) is 2. The summed E-state index contributed by atoms with van der Waals surface area (Å²) in [7, 11) is 0. The average molecular weight is 400 g/mol. The first-order chi connectivity index (χ1) is 13.7. The van der Waals surface area contributed by atoms with Crippen LogP contribution in [0.1, 0.15) is 37.6 Å². The normalized spacial score (nSPS) is 10.8. The quantitative estimate of drug-likeness (QED) is 0.487. The van der Waals surface area contributed by atoms with E-state index in [9.17, 15) is 4.79 Å². The number of amides is 1. The van der Waals surface area contributed by atoms with Crippen LogP contribution in [0.3, 0.4) is 0 Å². The third kappa shape index (κ3) is 6.20. The van der Waals surface area contributed by atoms with Gasteiger partial charge >= 0.3 is 0 Å². The van der Waals surface area contributed by atoms with Gasteiger partial charge in [0.25, 0.3) is 5.91 Å². The van der Waals surface area contributed by atoms with Gasteiger partial charge in [-0.1, -0.05) is 36.7 Å². The molecular weight excluding hydrogens is 374 g/mol. The van der Waals surface area contributed by atoms with E-state index in [0.29, 0.717) is 24.0 Å². The molecule has 28 heavy (non-hydrogen) atoms. The molecule has 3 aromatic rings. The molecule has 0 fully saturated rings. The summed E-state index contributed by atoms with van der Waals surface area (Å²) in [6, 6.07) is 11.8. The number of carbonyl (C=O) groups is 1. The lowest BCUT2D eigenvalue weighted by Crippen LogP contribution is -2.29. The molecule has 1 aromatic carbocycles. The van der Waals surface area contributed by atoms with Gasteiger partial charge in [0, 0.05) is 13.0 Å². The number of rotatable bonds is 11. The Balaban J connectivity index is 1.25. The number of carbonyl (C=O) groups excluding carboxylic acids is 1. The highest BCUT2D eigenvalue weighted by Crippen LogP contribution is 2.21. The second-order valence-electron chi connectivity index (χ2n) is 6.44. The van der Waals surface area contributed by atoms with Crippen molar-refractivity contribution >= 4 is 17.2 Å². The molecule has 7 heteroatoms. The molecule has 2 heterocycles. The van der Waals surface area contributed by atoms with Crippen molar-refractivity contribution in [3.05, 3.63) is 53.2 Å². The molecule has 6 nitrogen and oxygen atoms in total. The molecule has 1 amide bonds. The highest BCUT2D eigenvalue weighted by molar-refractivity contribution is 7.13. The van der Waals surface area contributed by atoms with Gasteiger partial charge in [0.05, 0.1) is 4.88 Å². The van der Waals surface area contributed by atoms with Gasteiger partial charge in [-0.2, -0.15) is 4.98 Å². The Morgan fingerprint density at radius 1 is 1.18 bits per heavy atom. The van der Waals surface area contributed by atoms with Crippen molar-refractivity contribution < 1.29 is 14.1 Å². The van der Waals surface area contributed by atoms with Crippen molar-refractivity contribution in [1.29, 1.82) is 0 Å². The van der Waals surface area contributed by atoms with Crippen LogP contribution in [0.25, 0.3) is 10.7 Å². The van der Waals surface area contributed by atoms with Crippen LogP contribution in [0, 0.1) is 0 Å². The van der Waals surface area contributed by atoms with Gasteiger partial charge in [0.1, 0.15) is 5.75 Å². The Morgan fingerprint density at radius 3 is 2.79 bits per heavy atom. The summed E-state index contributed by atoms with van der Waals surface area (Å²) in [6.07, 6.45) is 4.58. The molecule has 0 spiro atoms. The Morgan fingerprint density at radius 2 is 2.04 bits per heavy atom. The second kappa shape index (κ2) is 10.6. The third-order valence-electron chi connectivity index (χ3n) is 4.30. The predicted octanol–water partition coefficient (Wildman–Crippen LogP) is 4.27. The lowest BCUT2D eigenvalue weighted by Gasteiger charge is -2.08. The first-order valence-corrected chi connectivity index (χ1v) is 10.5. The van der Waals surface area contributed by atoms with Crippen molar-refractivity contribution in [2.75, 3.05) is 13.2 Å². The zero-order valence-electron chi connectivity index (χ0n) is 16.0. The molecular formula is C21H25N3O3S. The van der Waals surface area contributed by atoms with Crippen molar-refractivity contribution in [3.8, 4) is 16.5 Å². The van der Waals surface area contributed by atoms with E-state index in [1.807, 2.05) is 41.8 Å². The average Bonchev–Trinajstić information content (AvgIpc) is 3.41. The van der Waals surface area contributed by atoms with Crippen LogP contribution >= 0.6 is 11.3 Å². The largest absolute Gasteiger partial charge is 0.484 e. The van der Waals surface area contributed by atoms with Crippen molar-refractivity contribution in [2.45, 2.75) is 39.0 Å². The van der Waals surface area contributed by atoms with E-state index < -0.39 is 0 Å². The first-order valence-electron chi connectivity index (χ1n) is 9.59. The van der Waals surface area contributed by atoms with Crippen molar-refractivity contribution in [1.82, 2.24) is 15.5 Å². The maximum absolute atomic E-state index is 11.8. The van der Waals surface area contributed by atoms with Crippen LogP contribution in [0.5, 0.6) is 5.75 Å². The molecule has 0 atom stereocenters. The smallest absolute Gasteiger partial charge is 0.257 e. The van der Waals surface area contributed by atoms with Crippen LogP contribution in [-0.4, -0.2) is 29.2 Å². The summed E-state index contributed by atoms with van der Waals surface area (Å²) in [5.41, 5.74) is 1.25. The monoisotopic (exact) mass is 399 g/mol. The molecule has 1 N–H and O–H groups in total. The lowest BCUT2D eigenvalue weighted by molar-refractivity contribution is -0.123. The highest BCUT2D eigenvalue weighted by Gasteiger charge is 2.09. The molecule has 0 aliphatic rings. The van der Waals surface area contributed by atoms with Crippen molar-refractivity contribution in [2.24, 2.45) is 0 Å². The number of nitrogens with zero attached hydrogens (tertiary/aromatic N) is 2. The summed E-state index contributed by atoms with van der Waals surface area (Å²) in [5, 5.41) is 8.88. The van der Waals surface area contributed by atoms with E-state index in [4.69, 9.17) is 9.26 Å². The maximum atomic E-state index is 11.8. The third-order valence-corrected chi connectivity index (χ3v) is 5.17. The van der Waals surface area contributed by atoms with E-state index in [-0.39, 0.29) is 12.5 Å². The number of hydrogen-bond donors (Lipinski definition) is 1. The van der Waals surface area contributed by atoms with Gasteiger partial charge in [-0.3, -0.25) is 4.79 Å². The minimum Gasteiger partial charge on any atom is -0.484 e. The second-order valence-corrected chi connectivity index (χ2v) is 7.38. The molecule has 0 radical (unpaired) electrons. The zero-order valence-corrected chi connectivity index (χ0v) is 16.8. The summed E-state index contributed by atoms with van der Waals surface area (Å²) < 4.78 is 10.8. The fraction of sp³-hybridized carbons (Fsp3) is 0.381. The fourth-order valence-electron chi connectivity index (χ4n) is 2.69. The summed E-state index contributed by atoms with van der Waals surface area (Å²) >= 11 is 1.60. The van der Waals surface area contributed by atoms with Gasteiger partial charge < -0.3 is 14.6 Å². The van der Waals surface area contributed by atoms with E-state index in [0.717, 1.165) is 37.0 Å². The van der Waals surface area contributed by atoms with Crippen LogP contribution in [0.2, 0.25) is 0 Å². The number of thiophene rings is 1. The number of aryl methyl sites for hydroxylation is 2. The molecule has 0 bridgehead atoms. The number of ether oxygens (including phenoxy) is 1. The van der Waals surface area contributed by atoms with E-state index in [1.165, 1.54) is 5.56 Å². The minimum absolute atomic E-state index is 0.0406. The summed E-state index contributed by atoms with van der Waals surface area (Å²) in [5.74, 6) is 1.93. The Bertz CT molecular complexity index is 844. The van der Waals surface area contributed by atoms with E-state index in [2.05, 4.69) is 22.4 Å². The maximum Gasteiger partial charge on any atom is 0.257 e. The molecule has 0 unspecified atom stereocenters. The van der Waals surface area contributed by atoms with Gasteiger partial charge in [-0.25, -0.2) is 0 Å². The van der Waals surface area contributed by atoms with Gasteiger partial charge in [0.15, 0.2) is 6.61 Å². The van der Waals surface area contributed by atoms with E-state index in [1.54, 1.807) is 11.3 Å². The van der Waals surface area contributed by atoms with Gasteiger partial charge in [0.2, 0.25) is 11.7 Å². The Labute approximate surface area is 168 Å². The first kappa shape index (κ1) is 20.1. The van der Waals surface area contributed by atoms with Crippen molar-refractivity contribution in [3.63, 3.8) is 0 Å². The number of benzene rings is 1. The van der Waals surface area contributed by atoms with Crippen LogP contribution in [-0.2, 0) is 17.6 Å². The number of nitrogens with one attached hydrogen (secondary N) is 1. The SMILES string of the molecule is CCc1ccc(OCC(=O)NCCCCCc2nc(-c3cccs3)no2)cc1. The predicted molar refractivity (Wildman–Crippen MR) is 109 cm³/mol. The molecule has 0 aliphatic carbocycles. The molecule has 2 aromatic heterocycles. The highest BCUT2D eigenvalue weighted by atomic mass is 32.1.